The molecule has 2 aliphatic rings. The molecule has 0 saturated carbocycles. The van der Waals surface area contributed by atoms with E-state index in [4.69, 9.17) is 4.74 Å². The number of aromatic nitrogens is 1. The Kier molecular flexibility index (Phi) is 6.89. The van der Waals surface area contributed by atoms with Crippen molar-refractivity contribution < 1.29 is 14.3 Å². The molecule has 0 spiro atoms. The van der Waals surface area contributed by atoms with Crippen LogP contribution in [0.1, 0.15) is 17.2 Å². The molecule has 1 saturated heterocycles. The average molecular weight is 479 g/mol. The number of fused-ring (bicyclic) bond motifs is 3. The van der Waals surface area contributed by atoms with E-state index < -0.39 is 6.04 Å². The lowest BCUT2D eigenvalue weighted by Crippen LogP contribution is -2.48. The largest absolute Gasteiger partial charge is 0.379 e. The molecule has 1 fully saturated rings. The SMILES string of the molecule is Cn1c2c(c3ccccc31)C(C(=O)NCc1ccccc1)N(CCN1CCOCC1)C(=O)CS2. The molecule has 2 aromatic carbocycles. The van der Waals surface area contributed by atoms with Crippen LogP contribution in [-0.4, -0.2) is 71.3 Å². The standard InChI is InChI=1S/C26H30N4O3S/c1-28-21-10-6-5-9-20(21)23-24(25(32)27-17-19-7-3-2-4-8-19)30(22(31)18-34-26(23)28)12-11-29-13-15-33-16-14-29/h2-10,24H,11-18H2,1H3,(H,27,32). The first-order valence-electron chi connectivity index (χ1n) is 11.7. The molecule has 0 bridgehead atoms. The third kappa shape index (κ3) is 4.58. The summed E-state index contributed by atoms with van der Waals surface area (Å²) in [6.45, 7) is 4.77. The topological polar surface area (TPSA) is 66.8 Å². The Morgan fingerprint density at radius 3 is 2.59 bits per heavy atom. The molecule has 3 aromatic rings. The van der Waals surface area contributed by atoms with Gasteiger partial charge in [-0.25, -0.2) is 0 Å². The van der Waals surface area contributed by atoms with Gasteiger partial charge in [-0.05, 0) is 11.6 Å². The molecule has 34 heavy (non-hydrogen) atoms. The first-order valence-corrected chi connectivity index (χ1v) is 12.7. The van der Waals surface area contributed by atoms with Crippen molar-refractivity contribution in [1.82, 2.24) is 19.7 Å². The third-order valence-electron chi connectivity index (χ3n) is 6.65. The molecule has 7 nitrogen and oxygen atoms in total. The minimum absolute atomic E-state index is 0.00148. The predicted molar refractivity (Wildman–Crippen MR) is 134 cm³/mol. The van der Waals surface area contributed by atoms with E-state index in [2.05, 4.69) is 26.9 Å². The van der Waals surface area contributed by atoms with Crippen molar-refractivity contribution in [3.8, 4) is 0 Å². The first-order chi connectivity index (χ1) is 16.6. The maximum atomic E-state index is 13.8. The molecule has 1 N–H and O–H groups in total. The number of hydrogen-bond donors (Lipinski definition) is 1. The Labute approximate surface area is 204 Å². The van der Waals surface area contributed by atoms with E-state index in [9.17, 15) is 9.59 Å². The van der Waals surface area contributed by atoms with Crippen LogP contribution in [0.15, 0.2) is 59.6 Å². The summed E-state index contributed by atoms with van der Waals surface area (Å²) in [5.74, 6) is 0.181. The van der Waals surface area contributed by atoms with Gasteiger partial charge in [-0.2, -0.15) is 0 Å². The highest BCUT2D eigenvalue weighted by atomic mass is 32.2. The molecule has 1 unspecified atom stereocenters. The van der Waals surface area contributed by atoms with Crippen LogP contribution in [0.2, 0.25) is 0 Å². The van der Waals surface area contributed by atoms with Crippen LogP contribution in [0, 0.1) is 0 Å². The van der Waals surface area contributed by atoms with Gasteiger partial charge in [0.25, 0.3) is 0 Å². The minimum atomic E-state index is -0.673. The Hall–Kier alpha value is -2.81. The van der Waals surface area contributed by atoms with Gasteiger partial charge in [-0.1, -0.05) is 60.3 Å². The maximum absolute atomic E-state index is 13.8. The minimum Gasteiger partial charge on any atom is -0.379 e. The van der Waals surface area contributed by atoms with Gasteiger partial charge in [-0.3, -0.25) is 14.5 Å². The monoisotopic (exact) mass is 478 g/mol. The van der Waals surface area contributed by atoms with Crippen molar-refractivity contribution >= 4 is 34.5 Å². The number of amides is 2. The lowest BCUT2D eigenvalue weighted by molar-refractivity contribution is -0.139. The molecule has 0 aliphatic carbocycles. The van der Waals surface area contributed by atoms with Gasteiger partial charge in [0.15, 0.2) is 0 Å². The second-order valence-electron chi connectivity index (χ2n) is 8.73. The van der Waals surface area contributed by atoms with Crippen LogP contribution in [0.3, 0.4) is 0 Å². The van der Waals surface area contributed by atoms with E-state index >= 15 is 0 Å². The van der Waals surface area contributed by atoms with Gasteiger partial charge < -0.3 is 19.5 Å². The zero-order valence-corrected chi connectivity index (χ0v) is 20.2. The van der Waals surface area contributed by atoms with Gasteiger partial charge >= 0.3 is 0 Å². The van der Waals surface area contributed by atoms with Crippen molar-refractivity contribution in [2.24, 2.45) is 7.05 Å². The molecule has 3 heterocycles. The van der Waals surface area contributed by atoms with Gasteiger partial charge in [0.1, 0.15) is 6.04 Å². The molecule has 1 atom stereocenters. The zero-order chi connectivity index (χ0) is 23.5. The number of nitrogens with zero attached hydrogens (tertiary/aromatic N) is 3. The number of carbonyl (C=O) groups is 2. The maximum Gasteiger partial charge on any atom is 0.247 e. The number of rotatable bonds is 6. The van der Waals surface area contributed by atoms with E-state index in [0.717, 1.165) is 46.7 Å². The number of morpholine rings is 1. The summed E-state index contributed by atoms with van der Waals surface area (Å²) in [6, 6.07) is 17.3. The van der Waals surface area contributed by atoms with Crippen LogP contribution in [0.25, 0.3) is 10.9 Å². The summed E-state index contributed by atoms with van der Waals surface area (Å²) < 4.78 is 7.59. The fourth-order valence-electron chi connectivity index (χ4n) is 4.83. The van der Waals surface area contributed by atoms with E-state index in [1.165, 1.54) is 11.8 Å². The van der Waals surface area contributed by atoms with Gasteiger partial charge in [0.2, 0.25) is 11.8 Å². The quantitative estimate of drug-likeness (QED) is 0.590. The fraction of sp³-hybridized carbons (Fsp3) is 0.385. The zero-order valence-electron chi connectivity index (χ0n) is 19.4. The normalized spacial score (nSPS) is 19.1. The number of hydrogen-bond acceptors (Lipinski definition) is 5. The second-order valence-corrected chi connectivity index (χ2v) is 9.69. The molecule has 5 rings (SSSR count). The number of benzene rings is 2. The summed E-state index contributed by atoms with van der Waals surface area (Å²) >= 11 is 1.53. The highest BCUT2D eigenvalue weighted by molar-refractivity contribution is 8.00. The Morgan fingerprint density at radius 2 is 1.79 bits per heavy atom. The molecular formula is C26H30N4O3S. The summed E-state index contributed by atoms with van der Waals surface area (Å²) in [4.78, 5) is 31.2. The average Bonchev–Trinajstić information content (AvgIpc) is 3.06. The molecule has 178 valence electrons. The molecule has 2 aliphatic heterocycles. The van der Waals surface area contributed by atoms with E-state index in [1.807, 2.05) is 49.5 Å². The van der Waals surface area contributed by atoms with E-state index in [-0.39, 0.29) is 11.8 Å². The Balaban J connectivity index is 1.50. The molecule has 1 aromatic heterocycles. The van der Waals surface area contributed by atoms with Crippen LogP contribution in [0.5, 0.6) is 0 Å². The highest BCUT2D eigenvalue weighted by Gasteiger charge is 2.38. The van der Waals surface area contributed by atoms with Gasteiger partial charge in [0, 0.05) is 56.2 Å². The van der Waals surface area contributed by atoms with E-state index in [1.54, 1.807) is 4.90 Å². The van der Waals surface area contributed by atoms with Crippen molar-refractivity contribution in [2.75, 3.05) is 45.1 Å². The van der Waals surface area contributed by atoms with Gasteiger partial charge in [-0.15, -0.1) is 0 Å². The number of aryl methyl sites for hydroxylation is 1. The summed E-state index contributed by atoms with van der Waals surface area (Å²) in [7, 11) is 2.01. The summed E-state index contributed by atoms with van der Waals surface area (Å²) in [5.41, 5.74) is 3.04. The number of nitrogens with one attached hydrogen (secondary N) is 1. The lowest BCUT2D eigenvalue weighted by atomic mass is 10.0. The smallest absolute Gasteiger partial charge is 0.247 e. The number of para-hydroxylation sites is 1. The molecular weight excluding hydrogens is 448 g/mol. The van der Waals surface area contributed by atoms with Crippen LogP contribution in [0.4, 0.5) is 0 Å². The molecule has 8 heteroatoms. The van der Waals surface area contributed by atoms with Crippen molar-refractivity contribution in [3.63, 3.8) is 0 Å². The Morgan fingerprint density at radius 1 is 1.06 bits per heavy atom. The Bertz CT molecular complexity index is 1170. The lowest BCUT2D eigenvalue weighted by Gasteiger charge is -2.33. The van der Waals surface area contributed by atoms with Crippen molar-refractivity contribution in [2.45, 2.75) is 17.6 Å². The van der Waals surface area contributed by atoms with Gasteiger partial charge in [0.05, 0.1) is 24.0 Å². The predicted octanol–water partition coefficient (Wildman–Crippen LogP) is 2.80. The first kappa shape index (κ1) is 23.0. The highest BCUT2D eigenvalue weighted by Crippen LogP contribution is 2.41. The van der Waals surface area contributed by atoms with Crippen molar-refractivity contribution in [1.29, 1.82) is 0 Å². The van der Waals surface area contributed by atoms with Crippen LogP contribution >= 0.6 is 11.8 Å². The second kappa shape index (κ2) is 10.2. The summed E-state index contributed by atoms with van der Waals surface area (Å²) in [5, 5.41) is 5.13. The number of ether oxygens (including phenoxy) is 1. The number of carbonyl (C=O) groups excluding carboxylic acids is 2. The summed E-state index contributed by atoms with van der Waals surface area (Å²) in [6.07, 6.45) is 0. The van der Waals surface area contributed by atoms with Crippen LogP contribution < -0.4 is 5.32 Å². The fourth-order valence-corrected chi connectivity index (χ4v) is 5.93. The third-order valence-corrected chi connectivity index (χ3v) is 7.81. The van der Waals surface area contributed by atoms with Crippen LogP contribution in [-0.2, 0) is 27.9 Å². The molecule has 2 amide bonds. The van der Waals surface area contributed by atoms with Crippen molar-refractivity contribution in [3.05, 3.63) is 65.7 Å². The number of thioether (sulfide) groups is 1. The van der Waals surface area contributed by atoms with E-state index in [0.29, 0.717) is 32.1 Å². The molecule has 0 radical (unpaired) electrons.